The van der Waals surface area contributed by atoms with Gasteiger partial charge in [-0.25, -0.2) is 0 Å². The summed E-state index contributed by atoms with van der Waals surface area (Å²) >= 11 is 0. The zero-order chi connectivity index (χ0) is 63.7. The standard InChI is InChI=1S/C93H48N4O4/c98-31(96-25-30(28-15-9-7-10-16-28)29-17-11-8-12-18-29)19-13-5-3-1-2-4-6-14-22-94-32(99)20-21-33(100)95-23-24-97(101)26-92-88-80-72-62-52-44-36-34-35-38-42-40(36)48-56-50(42)60-54-46(38)47-39(35)43-41-37(34)45(44)53-59-49(41)57-51(43)61-55(47)65-64(54)74-68(60)78-70(56)76(66(72)58(48)52)84(88)86(78)90-82(74)83-75(65)69(61)79-71(57)77-67(59)73(63(53)62)81(80)89(92)85(77)87(79)91(83)93(90,92)27-97/h7-12,15-18,30H,1-6,13-14,19-27H2,(H,94,99)(H,95,100)(H,96,98). The normalized spacial score (nSPS) is 20.6. The van der Waals surface area contributed by atoms with E-state index in [1.807, 2.05) is 12.1 Å². The third kappa shape index (κ3) is 3.69. The molecule has 30 aromatic rings. The van der Waals surface area contributed by atoms with Crippen molar-refractivity contribution in [2.24, 2.45) is 0 Å². The second-order valence-corrected chi connectivity index (χ2v) is 34.6. The summed E-state index contributed by atoms with van der Waals surface area (Å²) in [5.74, 6) is 0.00296. The highest BCUT2D eigenvalue weighted by Crippen LogP contribution is 2.85. The van der Waals surface area contributed by atoms with Crippen molar-refractivity contribution in [3.8, 4) is 0 Å². The van der Waals surface area contributed by atoms with Crippen LogP contribution >= 0.6 is 0 Å². The van der Waals surface area contributed by atoms with Gasteiger partial charge in [-0.3, -0.25) is 14.4 Å². The molecule has 5 aliphatic rings. The highest BCUT2D eigenvalue weighted by molar-refractivity contribution is 6.82. The van der Waals surface area contributed by atoms with E-state index in [0.29, 0.717) is 32.6 Å². The van der Waals surface area contributed by atoms with Crippen LogP contribution in [0.3, 0.4) is 0 Å². The number of amides is 3. The maximum absolute atomic E-state index is 17.5. The van der Waals surface area contributed by atoms with Crippen molar-refractivity contribution in [1.29, 1.82) is 0 Å². The number of nitrogens with zero attached hydrogens (tertiary/aromatic N) is 1. The van der Waals surface area contributed by atoms with Crippen molar-refractivity contribution in [3.05, 3.63) is 99.3 Å². The van der Waals surface area contributed by atoms with E-state index in [-0.39, 0.29) is 54.2 Å². The number of nitrogens with one attached hydrogen (secondary N) is 3. The Hall–Kier alpha value is -10.8. The lowest BCUT2D eigenvalue weighted by Gasteiger charge is -2.47. The first-order valence-electron chi connectivity index (χ1n) is 38.1. The van der Waals surface area contributed by atoms with Gasteiger partial charge in [-0.2, -0.15) is 0 Å². The lowest BCUT2D eigenvalue weighted by atomic mass is 9.50. The molecule has 1 aliphatic heterocycles. The van der Waals surface area contributed by atoms with Crippen LogP contribution in [0, 0.1) is 5.21 Å². The number of carbonyl (C=O) groups is 3. The molecule has 1 heterocycles. The Morgan fingerprint density at radius 3 is 0.792 bits per heavy atom. The Bertz CT molecular complexity index is 7950. The van der Waals surface area contributed by atoms with Gasteiger partial charge in [0.2, 0.25) is 17.7 Å². The Morgan fingerprint density at radius 2 is 0.515 bits per heavy atom. The summed E-state index contributed by atoms with van der Waals surface area (Å²) < 4.78 is -0.372. The Morgan fingerprint density at radius 1 is 0.287 bits per heavy atom. The Kier molecular flexibility index (Phi) is 6.19. The van der Waals surface area contributed by atoms with Gasteiger partial charge in [0.1, 0.15) is 0 Å². The van der Waals surface area contributed by atoms with E-state index in [4.69, 9.17) is 0 Å². The molecule has 464 valence electrons. The van der Waals surface area contributed by atoms with Crippen molar-refractivity contribution < 1.29 is 19.0 Å². The minimum absolute atomic E-state index is 0.0906. The monoisotopic (exact) mass is 1280 g/mol. The molecule has 1 saturated heterocycles. The summed E-state index contributed by atoms with van der Waals surface area (Å²) in [7, 11) is 0. The van der Waals surface area contributed by atoms with Crippen LogP contribution in [0.5, 0.6) is 0 Å². The Balaban J connectivity index is 0.477. The molecule has 101 heavy (non-hydrogen) atoms. The molecule has 0 aromatic heterocycles. The molecule has 4 aliphatic carbocycles. The van der Waals surface area contributed by atoms with E-state index in [0.717, 1.165) is 51.4 Å². The average molecular weight is 1290 g/mol. The van der Waals surface area contributed by atoms with Gasteiger partial charge < -0.3 is 25.8 Å². The summed E-state index contributed by atoms with van der Waals surface area (Å²) in [5.41, 5.74) is 7.27. The van der Waals surface area contributed by atoms with E-state index in [1.54, 1.807) is 205 Å². The van der Waals surface area contributed by atoms with Crippen LogP contribution in [-0.4, -0.2) is 61.6 Å². The minimum atomic E-state index is -0.624. The summed E-state index contributed by atoms with van der Waals surface area (Å²) in [6.45, 7) is 2.66. The van der Waals surface area contributed by atoms with Crippen LogP contribution < -0.4 is 16.0 Å². The van der Waals surface area contributed by atoms with Crippen molar-refractivity contribution in [2.75, 3.05) is 39.3 Å². The first-order valence-corrected chi connectivity index (χ1v) is 38.1. The zero-order valence-corrected chi connectivity index (χ0v) is 54.5. The molecule has 0 unspecified atom stereocenters. The van der Waals surface area contributed by atoms with Crippen molar-refractivity contribution in [1.82, 2.24) is 16.0 Å². The number of likely N-dealkylation sites (tertiary alicyclic amines) is 1. The number of benzene rings is 20. The maximum atomic E-state index is 17.5. The number of unbranched alkanes of at least 4 members (excludes halogenated alkanes) is 7. The quantitative estimate of drug-likeness (QED) is 0.0288. The molecule has 3 N–H and O–H groups in total. The average Bonchev–Trinajstić information content (AvgIpc) is 1.38. The SMILES string of the molecule is O=C(CCC(=O)NCC[N+]1([O-])CC23c4c5c6c7c8c9c(c%10c%11c2c2c4c4c%12c5c5c6c6c8c8c%13c9c9c%10c%10c%11c%11c2c2c4c4c%12c%12c5c5c6c8c6c8c%13c9c9c%10c%10c%11c2c2c4c4c%12c5c6c5c8c9c%10c2c45)C73C1)NCCCCCCCCCCC(=O)NCC(c1ccccc1)c1ccccc1. The first kappa shape index (κ1) is 47.3. The van der Waals surface area contributed by atoms with E-state index in [1.165, 1.54) is 120 Å². The summed E-state index contributed by atoms with van der Waals surface area (Å²) in [6.07, 6.45) is 9.21. The lowest BCUT2D eigenvalue weighted by molar-refractivity contribution is -0.870. The highest BCUT2D eigenvalue weighted by Gasteiger charge is 2.76. The topological polar surface area (TPSA) is 110 Å². The molecule has 0 bridgehead atoms. The number of carbonyl (C=O) groups excluding carboxylic acids is 3. The second-order valence-electron chi connectivity index (χ2n) is 34.6. The van der Waals surface area contributed by atoms with E-state index in [9.17, 15) is 14.4 Å². The molecule has 0 atom stereocenters. The van der Waals surface area contributed by atoms with Crippen LogP contribution in [0.1, 0.15) is 110 Å². The smallest absolute Gasteiger partial charge is 0.220 e. The predicted molar refractivity (Wildman–Crippen MR) is 417 cm³/mol. The summed E-state index contributed by atoms with van der Waals surface area (Å²) in [5, 5.41) is 111. The van der Waals surface area contributed by atoms with Crippen LogP contribution in [0.4, 0.5) is 0 Å². The third-order valence-corrected chi connectivity index (χ3v) is 31.7. The van der Waals surface area contributed by atoms with E-state index in [2.05, 4.69) is 64.5 Å². The van der Waals surface area contributed by atoms with Crippen LogP contribution in [-0.2, 0) is 25.2 Å². The predicted octanol–water partition coefficient (Wildman–Crippen LogP) is 21.1. The van der Waals surface area contributed by atoms with Crippen LogP contribution in [0.15, 0.2) is 60.7 Å². The molecular weight excluding hydrogens is 1240 g/mol. The fourth-order valence-electron chi connectivity index (χ4n) is 29.8. The van der Waals surface area contributed by atoms with Crippen LogP contribution in [0.2, 0.25) is 0 Å². The number of quaternary nitrogens is 1. The van der Waals surface area contributed by atoms with Gasteiger partial charge in [-0.1, -0.05) is 99.2 Å². The molecule has 30 aromatic carbocycles. The van der Waals surface area contributed by atoms with Gasteiger partial charge in [-0.05, 0) is 337 Å². The number of hydrogen-bond donors (Lipinski definition) is 3. The molecule has 35 rings (SSSR count). The van der Waals surface area contributed by atoms with Gasteiger partial charge in [0.15, 0.2) is 0 Å². The summed E-state index contributed by atoms with van der Waals surface area (Å²) in [4.78, 5) is 40.4. The highest BCUT2D eigenvalue weighted by atomic mass is 16.5. The molecule has 3 amide bonds. The second kappa shape index (κ2) is 13.2. The van der Waals surface area contributed by atoms with Crippen LogP contribution in [0.25, 0.3) is 291 Å². The largest absolute Gasteiger partial charge is 0.633 e. The first-order chi connectivity index (χ1) is 49.9. The third-order valence-electron chi connectivity index (χ3n) is 31.7. The van der Waals surface area contributed by atoms with Crippen molar-refractivity contribution in [3.63, 3.8) is 0 Å². The number of hydroxylamine groups is 3. The summed E-state index contributed by atoms with van der Waals surface area (Å²) in [6, 6.07) is 20.9. The Labute approximate surface area is 566 Å². The van der Waals surface area contributed by atoms with Gasteiger partial charge in [0.25, 0.3) is 0 Å². The lowest BCUT2D eigenvalue weighted by Crippen LogP contribution is -2.51. The number of rotatable bonds is 21. The van der Waals surface area contributed by atoms with Gasteiger partial charge in [0, 0.05) is 38.3 Å². The zero-order valence-electron chi connectivity index (χ0n) is 54.5. The molecule has 2 spiro atoms. The molecule has 8 heteroatoms. The van der Waals surface area contributed by atoms with Gasteiger partial charge in [-0.15, -0.1) is 0 Å². The number of hydrogen-bond acceptors (Lipinski definition) is 4. The van der Waals surface area contributed by atoms with Gasteiger partial charge in [0.05, 0.1) is 37.0 Å². The molecule has 0 radical (unpaired) electrons. The van der Waals surface area contributed by atoms with Gasteiger partial charge >= 0.3 is 0 Å². The molecule has 1 fully saturated rings. The van der Waals surface area contributed by atoms with E-state index >= 15 is 5.21 Å². The van der Waals surface area contributed by atoms with Crippen molar-refractivity contribution >= 4 is 309 Å². The fraction of sp³-hybridized carbons (Fsp3) is 0.215. The van der Waals surface area contributed by atoms with E-state index < -0.39 is 10.8 Å². The minimum Gasteiger partial charge on any atom is -0.633 e. The molecule has 8 nitrogen and oxygen atoms in total. The molecule has 0 saturated carbocycles. The maximum Gasteiger partial charge on any atom is 0.220 e. The molecular formula is C93H48N4O4. The fourth-order valence-corrected chi connectivity index (χ4v) is 29.8. The van der Waals surface area contributed by atoms with Crippen molar-refractivity contribution in [2.45, 2.75) is 87.4 Å².